The molecule has 1 aliphatic carbocycles. The lowest BCUT2D eigenvalue weighted by atomic mass is 9.98. The number of nitrogens with one attached hydrogen (secondary N) is 4. The van der Waals surface area contributed by atoms with E-state index >= 15 is 0 Å². The largest absolute Gasteiger partial charge is 0.449 e. The van der Waals surface area contributed by atoms with Crippen LogP contribution in [0.25, 0.3) is 11.1 Å². The molecule has 1 heterocycles. The maximum atomic E-state index is 13.4. The first-order chi connectivity index (χ1) is 21.1. The number of rotatable bonds is 10. The zero-order valence-corrected chi connectivity index (χ0v) is 26.1. The van der Waals surface area contributed by atoms with Gasteiger partial charge in [0.2, 0.25) is 5.91 Å². The van der Waals surface area contributed by atoms with E-state index in [2.05, 4.69) is 45.5 Å². The minimum atomic E-state index is -0.761. The second kappa shape index (κ2) is 14.9. The van der Waals surface area contributed by atoms with Crippen LogP contribution in [0, 0.1) is 0 Å². The average Bonchev–Trinajstić information content (AvgIpc) is 3.32. The van der Waals surface area contributed by atoms with Crippen LogP contribution < -0.4 is 21.3 Å². The summed E-state index contributed by atoms with van der Waals surface area (Å²) in [4.78, 5) is 51.8. The van der Waals surface area contributed by atoms with Crippen molar-refractivity contribution >= 4 is 24.1 Å². The van der Waals surface area contributed by atoms with Crippen LogP contribution in [0.5, 0.6) is 0 Å². The van der Waals surface area contributed by atoms with Crippen LogP contribution in [-0.4, -0.2) is 80.0 Å². The maximum absolute atomic E-state index is 13.4. The van der Waals surface area contributed by atoms with E-state index in [1.807, 2.05) is 24.3 Å². The fourth-order valence-electron chi connectivity index (χ4n) is 5.74. The van der Waals surface area contributed by atoms with E-state index in [0.717, 1.165) is 11.1 Å². The molecule has 238 valence electrons. The third kappa shape index (κ3) is 8.87. The summed E-state index contributed by atoms with van der Waals surface area (Å²) >= 11 is 0. The Labute approximate surface area is 259 Å². The van der Waals surface area contributed by atoms with Gasteiger partial charge in [-0.1, -0.05) is 48.5 Å². The quantitative estimate of drug-likeness (QED) is 0.293. The molecule has 0 bridgehead atoms. The summed E-state index contributed by atoms with van der Waals surface area (Å²) in [5, 5.41) is 11.0. The number of piperidine rings is 1. The van der Waals surface area contributed by atoms with Gasteiger partial charge in [0.15, 0.2) is 0 Å². The fraction of sp³-hybridized carbons (Fsp3) is 0.515. The molecule has 0 aromatic heterocycles. The number of carbonyl (C=O) groups is 4. The number of ether oxygens (including phenoxy) is 2. The molecule has 2 aromatic rings. The highest BCUT2D eigenvalue weighted by Gasteiger charge is 2.31. The minimum Gasteiger partial charge on any atom is -0.449 e. The highest BCUT2D eigenvalue weighted by Crippen LogP contribution is 2.44. The topological polar surface area (TPSA) is 138 Å². The minimum absolute atomic E-state index is 0.0107. The summed E-state index contributed by atoms with van der Waals surface area (Å²) in [5.74, 6) is -0.192. The summed E-state index contributed by atoms with van der Waals surface area (Å²) in [6, 6.07) is 15.4. The van der Waals surface area contributed by atoms with Crippen LogP contribution in [0.3, 0.4) is 0 Å². The third-order valence-electron chi connectivity index (χ3n) is 7.89. The molecular formula is C33H45N5O6. The Morgan fingerprint density at radius 1 is 0.909 bits per heavy atom. The molecule has 1 aliphatic heterocycles. The molecule has 11 nitrogen and oxygen atoms in total. The predicted octanol–water partition coefficient (Wildman–Crippen LogP) is 4.51. The second-order valence-corrected chi connectivity index (χ2v) is 12.3. The molecule has 4 rings (SSSR count). The number of hydrogen-bond acceptors (Lipinski definition) is 6. The monoisotopic (exact) mass is 607 g/mol. The van der Waals surface area contributed by atoms with Crippen molar-refractivity contribution in [1.82, 2.24) is 26.2 Å². The lowest BCUT2D eigenvalue weighted by Gasteiger charge is -2.34. The fourth-order valence-corrected chi connectivity index (χ4v) is 5.74. The Kier molecular flexibility index (Phi) is 11.1. The molecule has 5 amide bonds. The van der Waals surface area contributed by atoms with Crippen molar-refractivity contribution in [1.29, 1.82) is 0 Å². The van der Waals surface area contributed by atoms with Crippen LogP contribution in [0.15, 0.2) is 48.5 Å². The van der Waals surface area contributed by atoms with E-state index in [4.69, 9.17) is 9.47 Å². The van der Waals surface area contributed by atoms with E-state index in [0.29, 0.717) is 51.7 Å². The lowest BCUT2D eigenvalue weighted by molar-refractivity contribution is -0.134. The van der Waals surface area contributed by atoms with Gasteiger partial charge in [-0.25, -0.2) is 14.4 Å². The highest BCUT2D eigenvalue weighted by atomic mass is 16.6. The first-order valence-corrected chi connectivity index (χ1v) is 15.4. The Hall–Kier alpha value is -4.28. The molecule has 0 radical (unpaired) electrons. The molecule has 0 saturated carbocycles. The molecule has 0 unspecified atom stereocenters. The summed E-state index contributed by atoms with van der Waals surface area (Å²) in [5.41, 5.74) is 3.95. The van der Waals surface area contributed by atoms with Gasteiger partial charge in [0.25, 0.3) is 0 Å². The van der Waals surface area contributed by atoms with E-state index in [-0.39, 0.29) is 30.5 Å². The summed E-state index contributed by atoms with van der Waals surface area (Å²) in [6.45, 7) is 6.87. The van der Waals surface area contributed by atoms with Gasteiger partial charge in [0, 0.05) is 38.6 Å². The van der Waals surface area contributed by atoms with Gasteiger partial charge >= 0.3 is 18.2 Å². The van der Waals surface area contributed by atoms with Crippen LogP contribution in [0.1, 0.15) is 69.9 Å². The molecule has 2 aliphatic rings. The van der Waals surface area contributed by atoms with Crippen LogP contribution in [0.2, 0.25) is 0 Å². The SMILES string of the molecule is CNC(=O)NC1CCN(C(=O)[C@@H](CCCCNC(=O)OCC2c3ccccc3-c3ccccc32)NC(=O)OC(C)(C)C)CC1. The van der Waals surface area contributed by atoms with E-state index in [9.17, 15) is 19.2 Å². The Bertz CT molecular complexity index is 1270. The predicted molar refractivity (Wildman–Crippen MR) is 167 cm³/mol. The van der Waals surface area contributed by atoms with Gasteiger partial charge in [0.1, 0.15) is 18.2 Å². The summed E-state index contributed by atoms with van der Waals surface area (Å²) in [7, 11) is 1.56. The number of amides is 5. The van der Waals surface area contributed by atoms with Crippen LogP contribution in [-0.2, 0) is 14.3 Å². The van der Waals surface area contributed by atoms with Gasteiger partial charge in [-0.3, -0.25) is 4.79 Å². The van der Waals surface area contributed by atoms with Gasteiger partial charge in [0.05, 0.1) is 0 Å². The van der Waals surface area contributed by atoms with Crippen LogP contribution in [0.4, 0.5) is 14.4 Å². The Morgan fingerprint density at radius 2 is 1.52 bits per heavy atom. The molecule has 2 aromatic carbocycles. The summed E-state index contributed by atoms with van der Waals surface area (Å²) < 4.78 is 11.0. The molecule has 11 heteroatoms. The Morgan fingerprint density at radius 3 is 2.11 bits per heavy atom. The molecule has 1 atom stereocenters. The average molecular weight is 608 g/mol. The highest BCUT2D eigenvalue weighted by molar-refractivity contribution is 5.86. The number of urea groups is 1. The van der Waals surface area contributed by atoms with Crippen molar-refractivity contribution in [3.8, 4) is 11.1 Å². The zero-order valence-electron chi connectivity index (χ0n) is 26.1. The smallest absolute Gasteiger partial charge is 0.408 e. The van der Waals surface area contributed by atoms with Gasteiger partial charge < -0.3 is 35.6 Å². The number of likely N-dealkylation sites (tertiary alicyclic amines) is 1. The molecular weight excluding hydrogens is 562 g/mol. The number of benzene rings is 2. The van der Waals surface area contributed by atoms with Crippen molar-refractivity contribution in [3.05, 3.63) is 59.7 Å². The van der Waals surface area contributed by atoms with Crippen molar-refractivity contribution in [2.75, 3.05) is 33.3 Å². The van der Waals surface area contributed by atoms with E-state index < -0.39 is 23.8 Å². The number of nitrogens with zero attached hydrogens (tertiary/aromatic N) is 1. The zero-order chi connectivity index (χ0) is 31.7. The van der Waals surface area contributed by atoms with Crippen molar-refractivity contribution in [2.45, 2.75) is 76.5 Å². The molecule has 0 spiro atoms. The van der Waals surface area contributed by atoms with Gasteiger partial charge in [-0.15, -0.1) is 0 Å². The maximum Gasteiger partial charge on any atom is 0.408 e. The van der Waals surface area contributed by atoms with E-state index in [1.54, 1.807) is 32.7 Å². The van der Waals surface area contributed by atoms with Crippen molar-refractivity contribution in [3.63, 3.8) is 0 Å². The normalized spacial score (nSPS) is 15.4. The number of alkyl carbamates (subject to hydrolysis) is 2. The number of hydrogen-bond donors (Lipinski definition) is 4. The lowest BCUT2D eigenvalue weighted by Crippen LogP contribution is -2.54. The number of carbonyl (C=O) groups excluding carboxylic acids is 4. The molecule has 44 heavy (non-hydrogen) atoms. The molecule has 1 saturated heterocycles. The van der Waals surface area contributed by atoms with Crippen molar-refractivity contribution in [2.24, 2.45) is 0 Å². The summed E-state index contributed by atoms with van der Waals surface area (Å²) in [6.07, 6.45) is 1.70. The number of fused-ring (bicyclic) bond motifs is 3. The molecule has 1 fully saturated rings. The van der Waals surface area contributed by atoms with Gasteiger partial charge in [-0.05, 0) is 75.1 Å². The second-order valence-electron chi connectivity index (χ2n) is 12.3. The first-order valence-electron chi connectivity index (χ1n) is 15.4. The van der Waals surface area contributed by atoms with E-state index in [1.165, 1.54) is 11.1 Å². The number of unbranched alkanes of at least 4 members (excludes halogenated alkanes) is 1. The van der Waals surface area contributed by atoms with Crippen LogP contribution >= 0.6 is 0 Å². The molecule has 4 N–H and O–H groups in total. The third-order valence-corrected chi connectivity index (χ3v) is 7.89. The van der Waals surface area contributed by atoms with Crippen molar-refractivity contribution < 1.29 is 28.7 Å². The standard InChI is InChI=1S/C33H45N5O6/c1-33(2,3)44-32(42)37-28(29(39)38-19-16-22(17-20-38)36-30(40)34-4)15-9-10-18-35-31(41)43-21-27-25-13-7-5-11-23(25)24-12-6-8-14-26(24)27/h5-8,11-14,22,27-28H,9-10,15-21H2,1-4H3,(H,35,41)(H,37,42)(H2,34,36,40)/t28-/m1/s1. The Balaban J connectivity index is 1.23. The van der Waals surface area contributed by atoms with Gasteiger partial charge in [-0.2, -0.15) is 0 Å². The first kappa shape index (κ1) is 32.6.